The first-order valence-electron chi connectivity index (χ1n) is 3.55. The van der Waals surface area contributed by atoms with Crippen molar-refractivity contribution in [3.8, 4) is 0 Å². The average Bonchev–Trinajstić information content (AvgIpc) is 2.31. The SMILES string of the molecule is CC1=Nc2c(ccnc2N)C1. The zero-order chi connectivity index (χ0) is 7.84. The second kappa shape index (κ2) is 2.05. The highest BCUT2D eigenvalue weighted by Gasteiger charge is 2.13. The van der Waals surface area contributed by atoms with E-state index >= 15 is 0 Å². The van der Waals surface area contributed by atoms with Gasteiger partial charge in [0.15, 0.2) is 0 Å². The maximum absolute atomic E-state index is 5.62. The normalized spacial score (nSPS) is 14.5. The lowest BCUT2D eigenvalue weighted by Crippen LogP contribution is -1.91. The number of hydrogen-bond acceptors (Lipinski definition) is 3. The maximum atomic E-state index is 5.62. The van der Waals surface area contributed by atoms with Crippen LogP contribution in [0.5, 0.6) is 0 Å². The van der Waals surface area contributed by atoms with Gasteiger partial charge in [-0.15, -0.1) is 0 Å². The van der Waals surface area contributed by atoms with Crippen molar-refractivity contribution >= 4 is 17.2 Å². The molecule has 2 N–H and O–H groups in total. The molecule has 0 bridgehead atoms. The van der Waals surface area contributed by atoms with Gasteiger partial charge < -0.3 is 5.73 Å². The van der Waals surface area contributed by atoms with E-state index in [1.54, 1.807) is 6.20 Å². The zero-order valence-corrected chi connectivity index (χ0v) is 6.33. The van der Waals surface area contributed by atoms with Crippen molar-refractivity contribution in [3.05, 3.63) is 17.8 Å². The summed E-state index contributed by atoms with van der Waals surface area (Å²) in [5, 5.41) is 0. The summed E-state index contributed by atoms with van der Waals surface area (Å²) < 4.78 is 0. The van der Waals surface area contributed by atoms with E-state index in [0.717, 1.165) is 17.8 Å². The van der Waals surface area contributed by atoms with Gasteiger partial charge in [0.05, 0.1) is 0 Å². The van der Waals surface area contributed by atoms with Crippen LogP contribution in [0.3, 0.4) is 0 Å². The Bertz CT molecular complexity index is 328. The second-order valence-electron chi connectivity index (χ2n) is 2.73. The highest BCUT2D eigenvalue weighted by atomic mass is 14.9. The maximum Gasteiger partial charge on any atom is 0.149 e. The van der Waals surface area contributed by atoms with Crippen LogP contribution in [0.25, 0.3) is 0 Å². The Morgan fingerprint density at radius 2 is 2.36 bits per heavy atom. The predicted molar refractivity (Wildman–Crippen MR) is 45.1 cm³/mol. The summed E-state index contributed by atoms with van der Waals surface area (Å²) in [4.78, 5) is 8.24. The number of nitrogen functional groups attached to an aromatic ring is 1. The van der Waals surface area contributed by atoms with Crippen molar-refractivity contribution in [1.82, 2.24) is 4.98 Å². The number of nitrogens with zero attached hydrogens (tertiary/aromatic N) is 2. The highest BCUT2D eigenvalue weighted by Crippen LogP contribution is 2.30. The summed E-state index contributed by atoms with van der Waals surface area (Å²) in [5.41, 5.74) is 8.78. The number of hydrogen-bond donors (Lipinski definition) is 1. The number of nitrogens with two attached hydrogens (primary N) is 1. The molecule has 0 amide bonds. The monoisotopic (exact) mass is 147 g/mol. The lowest BCUT2D eigenvalue weighted by atomic mass is 10.1. The van der Waals surface area contributed by atoms with Crippen molar-refractivity contribution in [2.24, 2.45) is 4.99 Å². The van der Waals surface area contributed by atoms with E-state index in [9.17, 15) is 0 Å². The third-order valence-corrected chi connectivity index (χ3v) is 1.79. The van der Waals surface area contributed by atoms with Gasteiger partial charge in [-0.1, -0.05) is 0 Å². The Labute approximate surface area is 65.0 Å². The average molecular weight is 147 g/mol. The molecule has 1 aliphatic heterocycles. The third-order valence-electron chi connectivity index (χ3n) is 1.79. The number of anilines is 1. The predicted octanol–water partition coefficient (Wildman–Crippen LogP) is 1.31. The van der Waals surface area contributed by atoms with Crippen molar-refractivity contribution in [1.29, 1.82) is 0 Å². The van der Waals surface area contributed by atoms with Crippen molar-refractivity contribution in [3.63, 3.8) is 0 Å². The first kappa shape index (κ1) is 6.34. The van der Waals surface area contributed by atoms with E-state index in [1.807, 2.05) is 13.0 Å². The van der Waals surface area contributed by atoms with Crippen LogP contribution in [-0.2, 0) is 6.42 Å². The molecule has 2 rings (SSSR count). The van der Waals surface area contributed by atoms with Gasteiger partial charge in [-0.3, -0.25) is 4.99 Å². The Morgan fingerprint density at radius 3 is 3.09 bits per heavy atom. The first-order valence-corrected chi connectivity index (χ1v) is 3.55. The molecule has 2 heterocycles. The van der Waals surface area contributed by atoms with Crippen molar-refractivity contribution in [2.45, 2.75) is 13.3 Å². The molecular formula is C8H9N3. The van der Waals surface area contributed by atoms with Gasteiger partial charge >= 0.3 is 0 Å². The van der Waals surface area contributed by atoms with E-state index in [2.05, 4.69) is 9.98 Å². The number of aliphatic imine (C=N–C) groups is 1. The lowest BCUT2D eigenvalue weighted by Gasteiger charge is -1.97. The summed E-state index contributed by atoms with van der Waals surface area (Å²) >= 11 is 0. The molecule has 11 heavy (non-hydrogen) atoms. The van der Waals surface area contributed by atoms with Gasteiger partial charge in [0.1, 0.15) is 11.5 Å². The van der Waals surface area contributed by atoms with Gasteiger partial charge in [-0.2, -0.15) is 0 Å². The molecule has 0 fully saturated rings. The topological polar surface area (TPSA) is 51.3 Å². The van der Waals surface area contributed by atoms with Crippen LogP contribution in [0.15, 0.2) is 17.3 Å². The Kier molecular flexibility index (Phi) is 1.18. The van der Waals surface area contributed by atoms with Crippen molar-refractivity contribution < 1.29 is 0 Å². The lowest BCUT2D eigenvalue weighted by molar-refractivity contribution is 1.28. The van der Waals surface area contributed by atoms with Gasteiger partial charge in [0.25, 0.3) is 0 Å². The van der Waals surface area contributed by atoms with Gasteiger partial charge in [-0.05, 0) is 18.6 Å². The summed E-state index contributed by atoms with van der Waals surface area (Å²) in [6.45, 7) is 2.00. The molecular weight excluding hydrogens is 138 g/mol. The van der Waals surface area contributed by atoms with E-state index in [0.29, 0.717) is 5.82 Å². The molecule has 0 saturated carbocycles. The van der Waals surface area contributed by atoms with E-state index in [-0.39, 0.29) is 0 Å². The van der Waals surface area contributed by atoms with Crippen LogP contribution in [0.1, 0.15) is 12.5 Å². The summed E-state index contributed by atoms with van der Waals surface area (Å²) in [5.74, 6) is 0.541. The molecule has 0 aliphatic carbocycles. The second-order valence-corrected chi connectivity index (χ2v) is 2.73. The Morgan fingerprint density at radius 1 is 1.55 bits per heavy atom. The highest BCUT2D eigenvalue weighted by molar-refractivity contribution is 5.94. The molecule has 0 radical (unpaired) electrons. The standard InChI is InChI=1S/C8H9N3/c1-5-4-6-2-3-10-8(9)7(6)11-5/h2-3H,4H2,1H3,(H2,9,10). The minimum atomic E-state index is 0.541. The number of aromatic nitrogens is 1. The molecule has 3 nitrogen and oxygen atoms in total. The summed E-state index contributed by atoms with van der Waals surface area (Å²) in [7, 11) is 0. The van der Waals surface area contributed by atoms with Gasteiger partial charge in [-0.25, -0.2) is 4.98 Å². The van der Waals surface area contributed by atoms with Gasteiger partial charge in [0.2, 0.25) is 0 Å². The largest absolute Gasteiger partial charge is 0.382 e. The van der Waals surface area contributed by atoms with Crippen LogP contribution < -0.4 is 5.73 Å². The molecule has 0 saturated heterocycles. The fraction of sp³-hybridized carbons (Fsp3) is 0.250. The molecule has 0 aromatic carbocycles. The summed E-state index contributed by atoms with van der Waals surface area (Å²) in [6, 6.07) is 1.96. The number of rotatable bonds is 0. The molecule has 3 heteroatoms. The van der Waals surface area contributed by atoms with Gasteiger partial charge in [0, 0.05) is 18.3 Å². The van der Waals surface area contributed by atoms with E-state index < -0.39 is 0 Å². The van der Waals surface area contributed by atoms with Crippen LogP contribution in [-0.4, -0.2) is 10.7 Å². The fourth-order valence-corrected chi connectivity index (χ4v) is 1.29. The smallest absolute Gasteiger partial charge is 0.149 e. The van der Waals surface area contributed by atoms with Crippen LogP contribution in [0.2, 0.25) is 0 Å². The first-order chi connectivity index (χ1) is 5.27. The minimum Gasteiger partial charge on any atom is -0.382 e. The van der Waals surface area contributed by atoms with Crippen LogP contribution in [0.4, 0.5) is 11.5 Å². The quantitative estimate of drug-likeness (QED) is 0.601. The molecule has 0 spiro atoms. The summed E-state index contributed by atoms with van der Waals surface area (Å²) in [6.07, 6.45) is 2.64. The molecule has 0 unspecified atom stereocenters. The van der Waals surface area contributed by atoms with Crippen molar-refractivity contribution in [2.75, 3.05) is 5.73 Å². The minimum absolute atomic E-state index is 0.541. The Balaban J connectivity index is 2.61. The molecule has 0 atom stereocenters. The molecule has 56 valence electrons. The molecule has 1 aliphatic rings. The van der Waals surface area contributed by atoms with Crippen LogP contribution in [0, 0.1) is 0 Å². The number of fused-ring (bicyclic) bond motifs is 1. The zero-order valence-electron chi connectivity index (χ0n) is 6.33. The third kappa shape index (κ3) is 0.888. The van der Waals surface area contributed by atoms with E-state index in [4.69, 9.17) is 5.73 Å². The Hall–Kier alpha value is -1.38. The number of pyridine rings is 1. The molecule has 1 aromatic heterocycles. The van der Waals surface area contributed by atoms with Crippen LogP contribution >= 0.6 is 0 Å². The van der Waals surface area contributed by atoms with E-state index in [1.165, 1.54) is 5.56 Å². The fourth-order valence-electron chi connectivity index (χ4n) is 1.29. The molecule has 1 aromatic rings.